The topological polar surface area (TPSA) is 51.5 Å². The monoisotopic (exact) mass is 370 g/mol. The third kappa shape index (κ3) is 3.28. The first-order valence-corrected chi connectivity index (χ1v) is 10.2. The number of hydrogen-bond donors (Lipinski definition) is 0. The van der Waals surface area contributed by atoms with E-state index in [1.54, 1.807) is 18.3 Å². The van der Waals surface area contributed by atoms with Crippen LogP contribution in [0.3, 0.4) is 0 Å². The minimum absolute atomic E-state index is 0.305. The second kappa shape index (κ2) is 6.87. The van der Waals surface area contributed by atoms with Crippen LogP contribution in [0.1, 0.15) is 11.1 Å². The van der Waals surface area contributed by atoms with Crippen molar-refractivity contribution in [1.29, 1.82) is 0 Å². The van der Waals surface area contributed by atoms with E-state index in [4.69, 9.17) is 4.74 Å². The van der Waals surface area contributed by atoms with Crippen molar-refractivity contribution in [2.24, 2.45) is 0 Å². The first-order chi connectivity index (χ1) is 12.5. The molecule has 1 aromatic heterocycles. The van der Waals surface area contributed by atoms with Gasteiger partial charge < -0.3 is 4.74 Å². The number of benzene rings is 2. The molecule has 0 aliphatic carbocycles. The lowest BCUT2D eigenvalue weighted by Crippen LogP contribution is -2.35. The van der Waals surface area contributed by atoms with Gasteiger partial charge in [-0.25, -0.2) is 12.4 Å². The zero-order chi connectivity index (χ0) is 18.1. The van der Waals surface area contributed by atoms with Crippen LogP contribution in [0.4, 0.5) is 0 Å². The first-order valence-electron chi connectivity index (χ1n) is 8.76. The predicted molar refractivity (Wildman–Crippen MR) is 102 cm³/mol. The zero-order valence-corrected chi connectivity index (χ0v) is 15.6. The van der Waals surface area contributed by atoms with Gasteiger partial charge in [0.1, 0.15) is 0 Å². The Kier molecular flexibility index (Phi) is 4.56. The Balaban J connectivity index is 1.71. The molecule has 3 aromatic rings. The molecule has 136 valence electrons. The fraction of sp³-hybridized carbons (Fsp3) is 0.300. The van der Waals surface area contributed by atoms with Crippen LogP contribution in [0, 0.1) is 6.92 Å². The maximum atomic E-state index is 13.1. The van der Waals surface area contributed by atoms with Gasteiger partial charge in [-0.15, -0.1) is 0 Å². The van der Waals surface area contributed by atoms with Crippen molar-refractivity contribution in [2.75, 3.05) is 26.3 Å². The van der Waals surface area contributed by atoms with E-state index in [0.717, 1.165) is 54.9 Å². The zero-order valence-electron chi connectivity index (χ0n) is 14.8. The van der Waals surface area contributed by atoms with Crippen LogP contribution in [0.25, 0.3) is 10.9 Å². The highest BCUT2D eigenvalue weighted by Crippen LogP contribution is 2.24. The van der Waals surface area contributed by atoms with Gasteiger partial charge in [0.2, 0.25) is 0 Å². The minimum atomic E-state index is -3.61. The summed E-state index contributed by atoms with van der Waals surface area (Å²) in [6, 6.07) is 14.9. The van der Waals surface area contributed by atoms with Crippen molar-refractivity contribution in [2.45, 2.75) is 18.4 Å². The maximum Gasteiger partial charge on any atom is 0.268 e. The van der Waals surface area contributed by atoms with Gasteiger partial charge in [0.15, 0.2) is 0 Å². The van der Waals surface area contributed by atoms with Gasteiger partial charge in [-0.1, -0.05) is 29.8 Å². The maximum absolute atomic E-state index is 13.1. The van der Waals surface area contributed by atoms with Crippen LogP contribution in [-0.4, -0.2) is 43.6 Å². The van der Waals surface area contributed by atoms with Crippen LogP contribution < -0.4 is 0 Å². The smallest absolute Gasteiger partial charge is 0.268 e. The lowest BCUT2D eigenvalue weighted by molar-refractivity contribution is 0.0342. The summed E-state index contributed by atoms with van der Waals surface area (Å²) in [4.78, 5) is 2.63. The molecule has 5 nitrogen and oxygen atoms in total. The van der Waals surface area contributed by atoms with E-state index in [0.29, 0.717) is 4.90 Å². The summed E-state index contributed by atoms with van der Waals surface area (Å²) in [5.41, 5.74) is 2.86. The summed E-state index contributed by atoms with van der Waals surface area (Å²) in [5, 5.41) is 0.923. The van der Waals surface area contributed by atoms with Crippen molar-refractivity contribution < 1.29 is 13.2 Å². The predicted octanol–water partition coefficient (Wildman–Crippen LogP) is 3.02. The fourth-order valence-corrected chi connectivity index (χ4v) is 4.64. The molecule has 1 fully saturated rings. The van der Waals surface area contributed by atoms with Gasteiger partial charge in [0, 0.05) is 31.2 Å². The van der Waals surface area contributed by atoms with Crippen molar-refractivity contribution in [3.05, 3.63) is 65.9 Å². The molecule has 0 unspecified atom stereocenters. The van der Waals surface area contributed by atoms with Gasteiger partial charge >= 0.3 is 0 Å². The van der Waals surface area contributed by atoms with Gasteiger partial charge in [-0.2, -0.15) is 0 Å². The first kappa shape index (κ1) is 17.3. The van der Waals surface area contributed by atoms with Gasteiger partial charge in [0.05, 0.1) is 23.6 Å². The minimum Gasteiger partial charge on any atom is -0.379 e. The number of nitrogens with zero attached hydrogens (tertiary/aromatic N) is 2. The summed E-state index contributed by atoms with van der Waals surface area (Å²) in [6.07, 6.45) is 1.64. The molecule has 0 radical (unpaired) electrons. The average molecular weight is 370 g/mol. The van der Waals surface area contributed by atoms with Crippen LogP contribution in [0.15, 0.2) is 59.6 Å². The van der Waals surface area contributed by atoms with E-state index < -0.39 is 10.0 Å². The Hall–Kier alpha value is -2.15. The largest absolute Gasteiger partial charge is 0.379 e. The molecule has 0 bridgehead atoms. The molecule has 6 heteroatoms. The van der Waals surface area contributed by atoms with E-state index >= 15 is 0 Å². The summed E-state index contributed by atoms with van der Waals surface area (Å²) in [6.45, 7) is 6.05. The van der Waals surface area contributed by atoms with Crippen LogP contribution in [-0.2, 0) is 21.3 Å². The molecule has 0 atom stereocenters. The molecule has 0 saturated carbocycles. The van der Waals surface area contributed by atoms with Crippen LogP contribution in [0.5, 0.6) is 0 Å². The third-order valence-electron chi connectivity index (χ3n) is 4.81. The molecule has 0 N–H and O–H groups in total. The summed E-state index contributed by atoms with van der Waals surface area (Å²) >= 11 is 0. The Morgan fingerprint density at radius 2 is 1.73 bits per heavy atom. The lowest BCUT2D eigenvalue weighted by atomic mass is 10.1. The van der Waals surface area contributed by atoms with E-state index in [1.807, 2.05) is 37.3 Å². The number of ether oxygens (including phenoxy) is 1. The normalized spacial score (nSPS) is 16.2. The van der Waals surface area contributed by atoms with Gasteiger partial charge in [-0.05, 0) is 36.8 Å². The van der Waals surface area contributed by atoms with E-state index in [9.17, 15) is 8.42 Å². The lowest BCUT2D eigenvalue weighted by Gasteiger charge is -2.26. The molecule has 1 saturated heterocycles. The molecular weight excluding hydrogens is 348 g/mol. The highest BCUT2D eigenvalue weighted by atomic mass is 32.2. The number of morpholine rings is 1. The molecule has 1 aliphatic rings. The molecule has 2 aromatic carbocycles. The van der Waals surface area contributed by atoms with Gasteiger partial charge in [-0.3, -0.25) is 4.90 Å². The molecule has 2 heterocycles. The number of aryl methyl sites for hydroxylation is 1. The Morgan fingerprint density at radius 3 is 2.46 bits per heavy atom. The molecular formula is C20H22N2O3S. The SMILES string of the molecule is Cc1ccc(S(=O)(=O)n2ccc3ccc(CN4CCOCC4)cc32)cc1. The van der Waals surface area contributed by atoms with Crippen molar-refractivity contribution in [3.63, 3.8) is 0 Å². The quantitative estimate of drug-likeness (QED) is 0.708. The second-order valence-electron chi connectivity index (χ2n) is 6.71. The molecule has 4 rings (SSSR count). The Morgan fingerprint density at radius 1 is 1.00 bits per heavy atom. The van der Waals surface area contributed by atoms with E-state index in [1.165, 1.54) is 3.97 Å². The van der Waals surface area contributed by atoms with Crippen LogP contribution >= 0.6 is 0 Å². The standard InChI is InChI=1S/C20H22N2O3S/c1-16-2-6-19(7-3-16)26(23,24)22-9-8-18-5-4-17(14-20(18)22)15-21-10-12-25-13-11-21/h2-9,14H,10-13,15H2,1H3. The van der Waals surface area contributed by atoms with E-state index in [-0.39, 0.29) is 0 Å². The van der Waals surface area contributed by atoms with Crippen molar-refractivity contribution >= 4 is 20.9 Å². The number of aromatic nitrogens is 1. The Bertz CT molecular complexity index is 1020. The second-order valence-corrected chi connectivity index (χ2v) is 8.53. The molecule has 0 amide bonds. The summed E-state index contributed by atoms with van der Waals surface area (Å²) < 4.78 is 32.9. The fourth-order valence-electron chi connectivity index (χ4n) is 3.30. The molecule has 1 aliphatic heterocycles. The molecule has 26 heavy (non-hydrogen) atoms. The highest BCUT2D eigenvalue weighted by molar-refractivity contribution is 7.90. The van der Waals surface area contributed by atoms with Crippen LogP contribution in [0.2, 0.25) is 0 Å². The Labute approximate surface area is 153 Å². The number of fused-ring (bicyclic) bond motifs is 1. The van der Waals surface area contributed by atoms with Gasteiger partial charge in [0.25, 0.3) is 10.0 Å². The number of rotatable bonds is 4. The van der Waals surface area contributed by atoms with Crippen molar-refractivity contribution in [3.8, 4) is 0 Å². The third-order valence-corrected chi connectivity index (χ3v) is 6.51. The number of hydrogen-bond acceptors (Lipinski definition) is 4. The molecule has 0 spiro atoms. The summed E-state index contributed by atoms with van der Waals surface area (Å²) in [5.74, 6) is 0. The van der Waals surface area contributed by atoms with Crippen molar-refractivity contribution in [1.82, 2.24) is 8.87 Å². The van der Waals surface area contributed by atoms with E-state index in [2.05, 4.69) is 11.0 Å². The average Bonchev–Trinajstić information content (AvgIpc) is 3.07. The highest BCUT2D eigenvalue weighted by Gasteiger charge is 2.19. The summed E-state index contributed by atoms with van der Waals surface area (Å²) in [7, 11) is -3.61.